The third-order valence-electron chi connectivity index (χ3n) is 3.85. The highest BCUT2D eigenvalue weighted by Crippen LogP contribution is 2.22. The summed E-state index contributed by atoms with van der Waals surface area (Å²) in [5.41, 5.74) is 2.38. The van der Waals surface area contributed by atoms with Crippen molar-refractivity contribution in [3.05, 3.63) is 69.7 Å². The van der Waals surface area contributed by atoms with Crippen LogP contribution in [-0.2, 0) is 7.05 Å². The van der Waals surface area contributed by atoms with Crippen molar-refractivity contribution in [3.8, 4) is 6.07 Å². The lowest BCUT2D eigenvalue weighted by atomic mass is 10.2. The van der Waals surface area contributed by atoms with E-state index < -0.39 is 0 Å². The molecule has 0 aliphatic heterocycles. The molecule has 2 aromatic carbocycles. The lowest BCUT2D eigenvalue weighted by Crippen LogP contribution is -2.01. The van der Waals surface area contributed by atoms with E-state index in [9.17, 15) is 10.4 Å². The van der Waals surface area contributed by atoms with E-state index in [0.717, 1.165) is 11.0 Å². The first-order valence-corrected chi connectivity index (χ1v) is 8.45. The van der Waals surface area contributed by atoms with Crippen LogP contribution in [0.2, 0.25) is 10.0 Å². The fourth-order valence-electron chi connectivity index (χ4n) is 2.53. The summed E-state index contributed by atoms with van der Waals surface area (Å²) < 4.78 is 1.77. The number of allylic oxidation sites excluding steroid dienone is 1. The molecule has 0 spiro atoms. The Balaban J connectivity index is 1.90. The van der Waals surface area contributed by atoms with E-state index in [2.05, 4.69) is 9.98 Å². The number of fused-ring (bicyclic) bond motifs is 1. The fraction of sp³-hybridized carbons (Fsp3) is 0.105. The number of aliphatic imine (C=N–C) groups is 1. The van der Waals surface area contributed by atoms with Crippen LogP contribution < -0.4 is 0 Å². The van der Waals surface area contributed by atoms with Crippen molar-refractivity contribution >= 4 is 46.0 Å². The molecule has 0 amide bonds. The van der Waals surface area contributed by atoms with Gasteiger partial charge in [0.15, 0.2) is 5.82 Å². The van der Waals surface area contributed by atoms with Crippen molar-refractivity contribution in [1.29, 1.82) is 5.26 Å². The largest absolute Gasteiger partial charge is 0.509 e. The molecule has 3 aromatic rings. The van der Waals surface area contributed by atoms with Crippen molar-refractivity contribution < 1.29 is 5.11 Å². The van der Waals surface area contributed by atoms with E-state index in [1.165, 1.54) is 6.21 Å². The summed E-state index contributed by atoms with van der Waals surface area (Å²) in [4.78, 5) is 8.59. The lowest BCUT2D eigenvalue weighted by molar-refractivity contribution is 0.407. The molecule has 0 radical (unpaired) electrons. The summed E-state index contributed by atoms with van der Waals surface area (Å²) in [5, 5.41) is 20.8. The highest BCUT2D eigenvalue weighted by atomic mass is 35.5. The predicted molar refractivity (Wildman–Crippen MR) is 105 cm³/mol. The van der Waals surface area contributed by atoms with E-state index in [1.807, 2.05) is 30.3 Å². The standard InChI is InChI=1S/C19H14Cl2N4O/c1-25-17-5-3-2-4-16(17)24-19(25)14(9-22)18(26)11-23-10-12-6-7-13(20)8-15(12)21/h2-8,10,26H,11H2,1H3/b18-14-,23-10?. The van der Waals surface area contributed by atoms with Crippen LogP contribution in [0.25, 0.3) is 16.6 Å². The Kier molecular flexibility index (Phi) is 5.27. The van der Waals surface area contributed by atoms with Gasteiger partial charge in [-0.05, 0) is 24.3 Å². The van der Waals surface area contributed by atoms with Gasteiger partial charge >= 0.3 is 0 Å². The van der Waals surface area contributed by atoms with Gasteiger partial charge in [0.2, 0.25) is 0 Å². The van der Waals surface area contributed by atoms with Gasteiger partial charge in [-0.25, -0.2) is 4.98 Å². The molecule has 1 N–H and O–H groups in total. The zero-order valence-electron chi connectivity index (χ0n) is 13.8. The number of rotatable bonds is 4. The second-order valence-electron chi connectivity index (χ2n) is 5.55. The molecule has 5 nitrogen and oxygen atoms in total. The molecule has 0 unspecified atom stereocenters. The maximum atomic E-state index is 10.3. The minimum absolute atomic E-state index is 0.0644. The van der Waals surface area contributed by atoms with Crippen LogP contribution >= 0.6 is 23.2 Å². The molecule has 0 saturated heterocycles. The molecule has 0 bridgehead atoms. The zero-order chi connectivity index (χ0) is 18.7. The number of aromatic nitrogens is 2. The van der Waals surface area contributed by atoms with Gasteiger partial charge in [-0.2, -0.15) is 5.26 Å². The summed E-state index contributed by atoms with van der Waals surface area (Å²) in [6.45, 7) is -0.0644. The smallest absolute Gasteiger partial charge is 0.155 e. The number of aryl methyl sites for hydroxylation is 1. The molecule has 1 aromatic heterocycles. The van der Waals surface area contributed by atoms with Crippen molar-refractivity contribution in [3.63, 3.8) is 0 Å². The molecular formula is C19H14Cl2N4O. The molecule has 7 heteroatoms. The monoisotopic (exact) mass is 384 g/mol. The lowest BCUT2D eigenvalue weighted by Gasteiger charge is -2.03. The number of nitriles is 1. The van der Waals surface area contributed by atoms with Gasteiger partial charge < -0.3 is 9.67 Å². The highest BCUT2D eigenvalue weighted by Gasteiger charge is 2.15. The molecule has 0 aliphatic carbocycles. The van der Waals surface area contributed by atoms with Gasteiger partial charge in [0.1, 0.15) is 17.4 Å². The van der Waals surface area contributed by atoms with Gasteiger partial charge in [0, 0.05) is 23.8 Å². The van der Waals surface area contributed by atoms with E-state index >= 15 is 0 Å². The molecule has 0 saturated carbocycles. The second kappa shape index (κ2) is 7.61. The Morgan fingerprint density at radius 3 is 2.77 bits per heavy atom. The summed E-state index contributed by atoms with van der Waals surface area (Å²) in [6.07, 6.45) is 1.53. The van der Waals surface area contributed by atoms with E-state index in [0.29, 0.717) is 21.4 Å². The number of para-hydroxylation sites is 2. The van der Waals surface area contributed by atoms with Crippen LogP contribution in [0.3, 0.4) is 0 Å². The number of imidazole rings is 1. The number of nitrogens with zero attached hydrogens (tertiary/aromatic N) is 4. The minimum atomic E-state index is -0.160. The first-order chi connectivity index (χ1) is 12.5. The predicted octanol–water partition coefficient (Wildman–Crippen LogP) is 4.79. The SMILES string of the molecule is Cn1c(/C(C#N)=C(\O)CN=Cc2ccc(Cl)cc2Cl)nc2ccccc21. The number of aliphatic hydroxyl groups is 1. The van der Waals surface area contributed by atoms with Crippen molar-refractivity contribution in [2.45, 2.75) is 0 Å². The molecule has 0 aliphatic rings. The number of halogens is 2. The summed E-state index contributed by atoms with van der Waals surface area (Å²) >= 11 is 11.9. The van der Waals surface area contributed by atoms with Crippen LogP contribution in [-0.4, -0.2) is 27.4 Å². The molecular weight excluding hydrogens is 371 g/mol. The summed E-state index contributed by atoms with van der Waals surface area (Å²) in [7, 11) is 1.80. The Morgan fingerprint density at radius 2 is 2.08 bits per heavy atom. The van der Waals surface area contributed by atoms with Crippen molar-refractivity contribution in [1.82, 2.24) is 9.55 Å². The molecule has 3 rings (SSSR count). The minimum Gasteiger partial charge on any atom is -0.509 e. The molecule has 130 valence electrons. The average molecular weight is 385 g/mol. The molecule has 1 heterocycles. The Bertz CT molecular complexity index is 1080. The fourth-order valence-corrected chi connectivity index (χ4v) is 2.99. The third-order valence-corrected chi connectivity index (χ3v) is 4.41. The van der Waals surface area contributed by atoms with Gasteiger partial charge in [0.25, 0.3) is 0 Å². The normalized spacial score (nSPS) is 12.4. The zero-order valence-corrected chi connectivity index (χ0v) is 15.3. The maximum Gasteiger partial charge on any atom is 0.155 e. The summed E-state index contributed by atoms with van der Waals surface area (Å²) in [5.74, 6) is 0.234. The van der Waals surface area contributed by atoms with Gasteiger partial charge in [-0.15, -0.1) is 0 Å². The quantitative estimate of drug-likeness (QED) is 0.399. The van der Waals surface area contributed by atoms with Gasteiger partial charge in [-0.1, -0.05) is 41.4 Å². The first kappa shape index (κ1) is 18.0. The van der Waals surface area contributed by atoms with E-state index in [-0.39, 0.29) is 17.9 Å². The van der Waals surface area contributed by atoms with Crippen LogP contribution in [0.1, 0.15) is 11.4 Å². The van der Waals surface area contributed by atoms with Crippen molar-refractivity contribution in [2.24, 2.45) is 12.0 Å². The van der Waals surface area contributed by atoms with Crippen LogP contribution in [0, 0.1) is 11.3 Å². The Morgan fingerprint density at radius 1 is 1.31 bits per heavy atom. The molecule has 0 atom stereocenters. The van der Waals surface area contributed by atoms with E-state index in [4.69, 9.17) is 23.2 Å². The van der Waals surface area contributed by atoms with Crippen LogP contribution in [0.5, 0.6) is 0 Å². The number of aliphatic hydroxyl groups excluding tert-OH is 1. The topological polar surface area (TPSA) is 74.2 Å². The van der Waals surface area contributed by atoms with Gasteiger partial charge in [0.05, 0.1) is 22.6 Å². The van der Waals surface area contributed by atoms with Crippen LogP contribution in [0.15, 0.2) is 53.2 Å². The van der Waals surface area contributed by atoms with Gasteiger partial charge in [-0.3, -0.25) is 4.99 Å². The third kappa shape index (κ3) is 3.57. The Hall–Kier alpha value is -2.81. The average Bonchev–Trinajstić information content (AvgIpc) is 2.95. The Labute approximate surface area is 160 Å². The van der Waals surface area contributed by atoms with E-state index in [1.54, 1.807) is 29.8 Å². The number of hydrogen-bond donors (Lipinski definition) is 1. The first-order valence-electron chi connectivity index (χ1n) is 7.70. The number of benzene rings is 2. The molecule has 26 heavy (non-hydrogen) atoms. The van der Waals surface area contributed by atoms with Crippen LogP contribution in [0.4, 0.5) is 0 Å². The van der Waals surface area contributed by atoms with Crippen molar-refractivity contribution in [2.75, 3.05) is 6.54 Å². The maximum absolute atomic E-state index is 10.3. The second-order valence-corrected chi connectivity index (χ2v) is 6.40. The summed E-state index contributed by atoms with van der Waals surface area (Å²) in [6, 6.07) is 14.6. The molecule has 0 fully saturated rings. The number of hydrogen-bond acceptors (Lipinski definition) is 4. The highest BCUT2D eigenvalue weighted by molar-refractivity contribution is 6.36.